The minimum atomic E-state index is -0.305. The Balaban J connectivity index is 2.78. The van der Waals surface area contributed by atoms with E-state index in [0.29, 0.717) is 23.7 Å². The number of ether oxygens (including phenoxy) is 4. The molecule has 2 rings (SSSR count). The monoisotopic (exact) mass is 320 g/mol. The van der Waals surface area contributed by atoms with Gasteiger partial charge in [0.1, 0.15) is 23.4 Å². The standard InChI is InChI=1S/C18H24O5/c1-11(8-9-19)12-10-15(22-4)16-13(20-2)6-7-14(21-3)17(16)18(12)23-5/h6-7,10,18-19H,8-9H2,1-5H3. The summed E-state index contributed by atoms with van der Waals surface area (Å²) in [6, 6.07) is 3.72. The molecule has 1 aromatic carbocycles. The molecule has 0 saturated carbocycles. The molecule has 0 spiro atoms. The van der Waals surface area contributed by atoms with Gasteiger partial charge in [0.15, 0.2) is 0 Å². The van der Waals surface area contributed by atoms with Gasteiger partial charge in [0, 0.05) is 19.3 Å². The van der Waals surface area contributed by atoms with Crippen molar-refractivity contribution in [3.05, 3.63) is 40.5 Å². The second-order valence-electron chi connectivity index (χ2n) is 5.30. The fourth-order valence-corrected chi connectivity index (χ4v) is 2.95. The van der Waals surface area contributed by atoms with Gasteiger partial charge in [0.25, 0.3) is 0 Å². The molecule has 0 amide bonds. The highest BCUT2D eigenvalue weighted by Gasteiger charge is 2.33. The third-order valence-electron chi connectivity index (χ3n) is 4.12. The third-order valence-corrected chi connectivity index (χ3v) is 4.12. The smallest absolute Gasteiger partial charge is 0.130 e. The molecule has 126 valence electrons. The maximum Gasteiger partial charge on any atom is 0.130 e. The highest BCUT2D eigenvalue weighted by atomic mass is 16.5. The van der Waals surface area contributed by atoms with Crippen LogP contribution in [0.25, 0.3) is 5.76 Å². The zero-order valence-corrected chi connectivity index (χ0v) is 14.3. The number of aliphatic hydroxyl groups excluding tert-OH is 1. The quantitative estimate of drug-likeness (QED) is 0.873. The van der Waals surface area contributed by atoms with Gasteiger partial charge in [-0.2, -0.15) is 0 Å². The lowest BCUT2D eigenvalue weighted by Gasteiger charge is -2.30. The van der Waals surface area contributed by atoms with Gasteiger partial charge in [-0.1, -0.05) is 5.57 Å². The molecular formula is C18H24O5. The number of fused-ring (bicyclic) bond motifs is 1. The molecule has 0 aromatic heterocycles. The molecule has 0 saturated heterocycles. The Bertz CT molecular complexity index is 631. The van der Waals surface area contributed by atoms with Gasteiger partial charge < -0.3 is 24.1 Å². The molecule has 5 heteroatoms. The van der Waals surface area contributed by atoms with E-state index in [4.69, 9.17) is 18.9 Å². The molecule has 1 atom stereocenters. The van der Waals surface area contributed by atoms with Crippen LogP contribution in [0.4, 0.5) is 0 Å². The Morgan fingerprint density at radius 2 is 1.70 bits per heavy atom. The van der Waals surface area contributed by atoms with Gasteiger partial charge in [0.2, 0.25) is 0 Å². The number of hydrogen-bond acceptors (Lipinski definition) is 5. The van der Waals surface area contributed by atoms with Gasteiger partial charge in [-0.15, -0.1) is 0 Å². The molecular weight excluding hydrogens is 296 g/mol. The first-order valence-corrected chi connectivity index (χ1v) is 7.47. The Labute approximate surface area is 137 Å². The van der Waals surface area contributed by atoms with Crippen LogP contribution < -0.4 is 9.47 Å². The minimum Gasteiger partial charge on any atom is -0.496 e. The zero-order chi connectivity index (χ0) is 17.0. The Morgan fingerprint density at radius 1 is 1.04 bits per heavy atom. The van der Waals surface area contributed by atoms with E-state index in [1.807, 2.05) is 25.1 Å². The third kappa shape index (κ3) is 3.07. The second kappa shape index (κ2) is 7.53. The largest absolute Gasteiger partial charge is 0.496 e. The van der Waals surface area contributed by atoms with Crippen LogP contribution in [0.5, 0.6) is 11.5 Å². The van der Waals surface area contributed by atoms with E-state index in [-0.39, 0.29) is 12.7 Å². The average molecular weight is 320 g/mol. The lowest BCUT2D eigenvalue weighted by Crippen LogP contribution is -2.16. The van der Waals surface area contributed by atoms with Gasteiger partial charge in [-0.3, -0.25) is 0 Å². The molecule has 0 heterocycles. The van der Waals surface area contributed by atoms with E-state index >= 15 is 0 Å². The maximum atomic E-state index is 9.26. The molecule has 1 aliphatic rings. The van der Waals surface area contributed by atoms with Crippen LogP contribution in [0.15, 0.2) is 29.4 Å². The van der Waals surface area contributed by atoms with Crippen LogP contribution in [0.1, 0.15) is 30.6 Å². The summed E-state index contributed by atoms with van der Waals surface area (Å²) < 4.78 is 22.4. The van der Waals surface area contributed by atoms with E-state index in [0.717, 1.165) is 22.3 Å². The normalized spacial score (nSPS) is 18.9. The first-order chi connectivity index (χ1) is 11.1. The van der Waals surface area contributed by atoms with Crippen molar-refractivity contribution in [3.63, 3.8) is 0 Å². The molecule has 0 aliphatic heterocycles. The number of benzene rings is 1. The molecule has 1 aliphatic carbocycles. The van der Waals surface area contributed by atoms with E-state index < -0.39 is 0 Å². The van der Waals surface area contributed by atoms with Gasteiger partial charge in [-0.05, 0) is 37.1 Å². The van der Waals surface area contributed by atoms with Crippen LogP contribution in [0.3, 0.4) is 0 Å². The summed E-state index contributed by atoms with van der Waals surface area (Å²) in [4.78, 5) is 0. The minimum absolute atomic E-state index is 0.0873. The van der Waals surface area contributed by atoms with E-state index in [1.165, 1.54) is 0 Å². The molecule has 23 heavy (non-hydrogen) atoms. The Morgan fingerprint density at radius 3 is 2.22 bits per heavy atom. The van der Waals surface area contributed by atoms with Gasteiger partial charge in [0.05, 0.1) is 26.9 Å². The summed E-state index contributed by atoms with van der Waals surface area (Å²) >= 11 is 0. The lowest BCUT2D eigenvalue weighted by atomic mass is 9.85. The fraction of sp³-hybridized carbons (Fsp3) is 0.444. The van der Waals surface area contributed by atoms with E-state index in [9.17, 15) is 5.11 Å². The first-order valence-electron chi connectivity index (χ1n) is 7.47. The van der Waals surface area contributed by atoms with Crippen molar-refractivity contribution in [1.82, 2.24) is 0 Å². The molecule has 0 fully saturated rings. The van der Waals surface area contributed by atoms with Crippen LogP contribution in [0.2, 0.25) is 0 Å². The van der Waals surface area contributed by atoms with Crippen molar-refractivity contribution in [2.24, 2.45) is 0 Å². The van der Waals surface area contributed by atoms with Crippen molar-refractivity contribution in [2.45, 2.75) is 19.4 Å². The summed E-state index contributed by atoms with van der Waals surface area (Å²) in [5, 5.41) is 9.26. The molecule has 1 aromatic rings. The predicted octanol–water partition coefficient (Wildman–Crippen LogP) is 3.09. The molecule has 1 unspecified atom stereocenters. The first kappa shape index (κ1) is 17.4. The van der Waals surface area contributed by atoms with Crippen LogP contribution in [-0.2, 0) is 9.47 Å². The number of hydrogen-bond donors (Lipinski definition) is 1. The van der Waals surface area contributed by atoms with Crippen molar-refractivity contribution in [1.29, 1.82) is 0 Å². The number of rotatable bonds is 6. The van der Waals surface area contributed by atoms with Crippen LogP contribution in [-0.4, -0.2) is 40.2 Å². The van der Waals surface area contributed by atoms with E-state index in [1.54, 1.807) is 28.4 Å². The summed E-state index contributed by atoms with van der Waals surface area (Å²) in [5.41, 5.74) is 3.73. The lowest BCUT2D eigenvalue weighted by molar-refractivity contribution is 0.129. The van der Waals surface area contributed by atoms with Crippen molar-refractivity contribution < 1.29 is 24.1 Å². The summed E-state index contributed by atoms with van der Waals surface area (Å²) in [6.07, 6.45) is 2.22. The molecule has 0 radical (unpaired) electrons. The highest BCUT2D eigenvalue weighted by molar-refractivity contribution is 5.78. The Kier molecular flexibility index (Phi) is 5.69. The number of aliphatic hydroxyl groups is 1. The molecule has 5 nitrogen and oxygen atoms in total. The fourth-order valence-electron chi connectivity index (χ4n) is 2.95. The van der Waals surface area contributed by atoms with Crippen molar-refractivity contribution >= 4 is 5.76 Å². The summed E-state index contributed by atoms with van der Waals surface area (Å²) in [5.74, 6) is 2.11. The predicted molar refractivity (Wildman–Crippen MR) is 88.7 cm³/mol. The topological polar surface area (TPSA) is 57.2 Å². The van der Waals surface area contributed by atoms with Crippen molar-refractivity contribution in [3.8, 4) is 11.5 Å². The summed E-state index contributed by atoms with van der Waals surface area (Å²) in [6.45, 7) is 2.07. The van der Waals surface area contributed by atoms with Gasteiger partial charge in [-0.25, -0.2) is 0 Å². The second-order valence-corrected chi connectivity index (χ2v) is 5.30. The highest BCUT2D eigenvalue weighted by Crippen LogP contribution is 2.48. The Hall–Kier alpha value is -1.98. The van der Waals surface area contributed by atoms with Crippen LogP contribution >= 0.6 is 0 Å². The number of methoxy groups -OCH3 is 4. The SMILES string of the molecule is COC1=CC(=C(C)CCO)C(OC)c2c(OC)ccc(OC)c21. The molecule has 1 N–H and O–H groups in total. The molecule has 0 bridgehead atoms. The average Bonchev–Trinajstić information content (AvgIpc) is 2.59. The van der Waals surface area contributed by atoms with Crippen molar-refractivity contribution in [2.75, 3.05) is 35.0 Å². The van der Waals surface area contributed by atoms with Gasteiger partial charge >= 0.3 is 0 Å². The maximum absolute atomic E-state index is 9.26. The summed E-state index contributed by atoms with van der Waals surface area (Å²) in [7, 11) is 6.54. The van der Waals surface area contributed by atoms with Crippen LogP contribution in [0, 0.1) is 0 Å². The zero-order valence-electron chi connectivity index (χ0n) is 14.3. The van der Waals surface area contributed by atoms with E-state index in [2.05, 4.69) is 0 Å².